The Kier molecular flexibility index (Phi) is 12.4. The summed E-state index contributed by atoms with van der Waals surface area (Å²) in [6.45, 7) is 3.60. The van der Waals surface area contributed by atoms with E-state index in [1.807, 2.05) is 13.8 Å². The van der Waals surface area contributed by atoms with Crippen LogP contribution in [0.3, 0.4) is 0 Å². The molecular formula is C18H29N2NaO7S. The van der Waals surface area contributed by atoms with E-state index >= 15 is 0 Å². The molecule has 1 rings (SSSR count). The molecule has 160 valence electrons. The molecule has 0 bridgehead atoms. The van der Waals surface area contributed by atoms with E-state index in [-0.39, 0.29) is 42.1 Å². The van der Waals surface area contributed by atoms with Gasteiger partial charge in [0.15, 0.2) is 11.2 Å². The van der Waals surface area contributed by atoms with Crippen LogP contribution in [-0.4, -0.2) is 76.9 Å². The van der Waals surface area contributed by atoms with Gasteiger partial charge in [-0.2, -0.15) is 8.42 Å². The Balaban J connectivity index is 0.00000784. The second-order valence-corrected chi connectivity index (χ2v) is 8.60. The molecular weight excluding hydrogens is 411 g/mol. The molecule has 0 aliphatic carbocycles. The van der Waals surface area contributed by atoms with Crippen molar-refractivity contribution < 1.29 is 32.4 Å². The number of carbonyl (C=O) groups excluding carboxylic acids is 2. The number of aliphatic hydroxyl groups is 1. The van der Waals surface area contributed by atoms with Gasteiger partial charge >= 0.3 is 35.5 Å². The van der Waals surface area contributed by atoms with Crippen LogP contribution in [0.4, 0.5) is 0 Å². The Bertz CT molecular complexity index is 759. The molecule has 0 heterocycles. The molecule has 0 saturated carbocycles. The maximum absolute atomic E-state index is 12.7. The molecule has 6 N–H and O–H groups in total. The predicted molar refractivity (Wildman–Crippen MR) is 109 cm³/mol. The van der Waals surface area contributed by atoms with Crippen molar-refractivity contribution in [2.45, 2.75) is 50.8 Å². The average Bonchev–Trinajstić information content (AvgIpc) is 2.62. The van der Waals surface area contributed by atoms with E-state index < -0.39 is 51.7 Å². The second kappa shape index (κ2) is 12.8. The van der Waals surface area contributed by atoms with Crippen LogP contribution in [-0.2, 0) is 31.1 Å². The zero-order valence-corrected chi connectivity index (χ0v) is 16.7. The number of nitrogens with two attached hydrogens (primary N) is 2. The average molecular weight is 440 g/mol. The Morgan fingerprint density at radius 2 is 1.66 bits per heavy atom. The summed E-state index contributed by atoms with van der Waals surface area (Å²) in [6, 6.07) is 6.18. The number of ether oxygens (including phenoxy) is 1. The first kappa shape index (κ1) is 28.1. The van der Waals surface area contributed by atoms with Gasteiger partial charge in [-0.1, -0.05) is 44.2 Å². The minimum atomic E-state index is -4.86. The summed E-state index contributed by atoms with van der Waals surface area (Å²) in [4.78, 5) is 25.2. The van der Waals surface area contributed by atoms with E-state index in [9.17, 15) is 23.1 Å². The third-order valence-corrected chi connectivity index (χ3v) is 5.08. The fourth-order valence-corrected chi connectivity index (χ4v) is 3.20. The number of aliphatic hydroxyl groups excluding tert-OH is 1. The quantitative estimate of drug-likeness (QED) is 0.154. The van der Waals surface area contributed by atoms with Crippen molar-refractivity contribution in [2.75, 3.05) is 0 Å². The van der Waals surface area contributed by atoms with E-state index in [0.29, 0.717) is 12.0 Å². The normalized spacial score (nSPS) is 15.7. The number of carbonyl (C=O) groups is 2. The van der Waals surface area contributed by atoms with Crippen molar-refractivity contribution >= 4 is 51.4 Å². The molecule has 0 saturated heterocycles. The number of benzene rings is 1. The molecule has 3 unspecified atom stereocenters. The number of Topliss-reactive ketones (excluding diaryl/α,β-unsaturated/α-hetero) is 1. The Morgan fingerprint density at radius 1 is 1.10 bits per heavy atom. The van der Waals surface area contributed by atoms with Gasteiger partial charge in [0.25, 0.3) is 10.1 Å². The topological polar surface area (TPSA) is 170 Å². The second-order valence-electron chi connectivity index (χ2n) is 7.09. The van der Waals surface area contributed by atoms with Crippen LogP contribution in [0.2, 0.25) is 0 Å². The Morgan fingerprint density at radius 3 is 2.14 bits per heavy atom. The monoisotopic (exact) mass is 440 g/mol. The van der Waals surface area contributed by atoms with Gasteiger partial charge in [-0.05, 0) is 24.3 Å². The van der Waals surface area contributed by atoms with Gasteiger partial charge in [-0.3, -0.25) is 14.1 Å². The molecule has 1 aromatic carbocycles. The summed E-state index contributed by atoms with van der Waals surface area (Å²) in [6.07, 6.45) is -0.239. The van der Waals surface area contributed by atoms with Gasteiger partial charge in [-0.15, -0.1) is 0 Å². The first-order chi connectivity index (χ1) is 12.9. The van der Waals surface area contributed by atoms with Crippen molar-refractivity contribution in [3.63, 3.8) is 0 Å². The van der Waals surface area contributed by atoms with Crippen molar-refractivity contribution in [3.05, 3.63) is 35.9 Å². The van der Waals surface area contributed by atoms with Crippen LogP contribution < -0.4 is 11.5 Å². The molecule has 0 aliphatic heterocycles. The summed E-state index contributed by atoms with van der Waals surface area (Å²) in [5, 5.41) is 9.60. The summed E-state index contributed by atoms with van der Waals surface area (Å²) in [7, 11) is -4.86. The zero-order chi connectivity index (χ0) is 21.5. The summed E-state index contributed by atoms with van der Waals surface area (Å²) >= 11 is 0. The zero-order valence-electron chi connectivity index (χ0n) is 15.9. The number of hydrogen-bond donors (Lipinski definition) is 4. The molecule has 29 heavy (non-hydrogen) atoms. The van der Waals surface area contributed by atoms with Crippen LogP contribution in [0.25, 0.3) is 0 Å². The van der Waals surface area contributed by atoms with Crippen molar-refractivity contribution in [1.29, 1.82) is 0 Å². The number of rotatable bonds is 11. The van der Waals surface area contributed by atoms with Gasteiger partial charge in [0.05, 0.1) is 6.04 Å². The van der Waals surface area contributed by atoms with Gasteiger partial charge in [0.2, 0.25) is 0 Å². The van der Waals surface area contributed by atoms with Gasteiger partial charge in [-0.25, -0.2) is 0 Å². The number of esters is 1. The molecule has 0 aromatic heterocycles. The van der Waals surface area contributed by atoms with Gasteiger partial charge < -0.3 is 21.3 Å². The first-order valence-electron chi connectivity index (χ1n) is 8.83. The molecule has 0 aliphatic rings. The van der Waals surface area contributed by atoms with Gasteiger partial charge in [0.1, 0.15) is 12.5 Å². The third-order valence-electron chi connectivity index (χ3n) is 4.12. The fourth-order valence-electron chi connectivity index (χ4n) is 2.65. The molecule has 0 spiro atoms. The fraction of sp³-hybridized carbons (Fsp3) is 0.556. The molecule has 1 aromatic rings. The van der Waals surface area contributed by atoms with Crippen molar-refractivity contribution in [1.82, 2.24) is 0 Å². The Hall–Kier alpha value is -0.850. The third kappa shape index (κ3) is 9.67. The minimum absolute atomic E-state index is 0. The van der Waals surface area contributed by atoms with E-state index in [1.165, 1.54) is 0 Å². The van der Waals surface area contributed by atoms with Crippen LogP contribution >= 0.6 is 0 Å². The SMILES string of the molecule is CC(C)C[C@@H](N)C(=O)C(CC(N)C(O)S(=O)(=O)O)C(=O)OCc1ccccc1.[NaH]. The first-order valence-corrected chi connectivity index (χ1v) is 10.3. The van der Waals surface area contributed by atoms with Crippen LogP contribution in [0.15, 0.2) is 30.3 Å². The van der Waals surface area contributed by atoms with Crippen LogP contribution in [0.1, 0.15) is 32.3 Å². The predicted octanol–water partition coefficient (Wildman–Crippen LogP) is -0.436. The van der Waals surface area contributed by atoms with E-state index in [0.717, 1.165) is 0 Å². The van der Waals surface area contributed by atoms with Crippen LogP contribution in [0.5, 0.6) is 0 Å². The molecule has 0 fully saturated rings. The van der Waals surface area contributed by atoms with E-state index in [1.54, 1.807) is 30.3 Å². The molecule has 9 nitrogen and oxygen atoms in total. The van der Waals surface area contributed by atoms with Crippen molar-refractivity contribution in [2.24, 2.45) is 23.3 Å². The number of ketones is 1. The van der Waals surface area contributed by atoms with Crippen molar-refractivity contribution in [3.8, 4) is 0 Å². The summed E-state index contributed by atoms with van der Waals surface area (Å²) in [5.74, 6) is -2.98. The van der Waals surface area contributed by atoms with Crippen LogP contribution in [0, 0.1) is 11.8 Å². The van der Waals surface area contributed by atoms with Gasteiger partial charge in [0, 0.05) is 6.04 Å². The Labute approximate surface area is 193 Å². The molecule has 4 atom stereocenters. The summed E-state index contributed by atoms with van der Waals surface area (Å²) < 4.78 is 36.3. The standard InChI is InChI=1S/C18H28N2O7S.Na.H/c1-11(2)8-14(19)16(21)13(9-15(20)18(23)28(24,25)26)17(22)27-10-12-6-4-3-5-7-12;;/h3-7,11,13-15,18,23H,8-10,19-20H2,1-2H3,(H,24,25,26);;/t13?,14-,15?,18?;;/m1../s1. The maximum atomic E-state index is 12.7. The molecule has 0 amide bonds. The summed E-state index contributed by atoms with van der Waals surface area (Å²) in [5.41, 5.74) is 9.82. The number of hydrogen-bond acceptors (Lipinski definition) is 8. The molecule has 11 heteroatoms. The van der Waals surface area contributed by atoms with E-state index in [2.05, 4.69) is 0 Å². The molecule has 0 radical (unpaired) electrons. The van der Waals surface area contributed by atoms with E-state index in [4.69, 9.17) is 20.8 Å².